The molecule has 118 valence electrons. The summed E-state index contributed by atoms with van der Waals surface area (Å²) in [5, 5.41) is 5.54. The summed E-state index contributed by atoms with van der Waals surface area (Å²) in [7, 11) is 1.72. The molecule has 0 saturated carbocycles. The molecule has 1 aliphatic rings. The molecule has 0 saturated heterocycles. The van der Waals surface area contributed by atoms with Crippen molar-refractivity contribution in [3.05, 3.63) is 69.8 Å². The van der Waals surface area contributed by atoms with Gasteiger partial charge < -0.3 is 0 Å². The first-order valence-corrected chi connectivity index (χ1v) is 7.63. The van der Waals surface area contributed by atoms with Crippen LogP contribution in [0.5, 0.6) is 0 Å². The molecule has 1 heterocycles. The average molecular weight is 354 g/mol. The quantitative estimate of drug-likeness (QED) is 0.619. The fourth-order valence-electron chi connectivity index (χ4n) is 2.68. The standard InChI is InChI=1S/C17H13Cl2F2N2/c1-10-14(13-5-3-11(18)7-15(13)19)9-23(2,22-10)17-6-4-12(20)8-16(17)21/h3-9H,1-2H3/q+1. The predicted molar refractivity (Wildman–Crippen MR) is 91.6 cm³/mol. The highest BCUT2D eigenvalue weighted by molar-refractivity contribution is 6.38. The van der Waals surface area contributed by atoms with Gasteiger partial charge in [0.2, 0.25) is 0 Å². The molecule has 0 fully saturated rings. The number of hydrogen-bond acceptors (Lipinski definition) is 1. The van der Waals surface area contributed by atoms with Crippen molar-refractivity contribution >= 4 is 40.2 Å². The first-order valence-electron chi connectivity index (χ1n) is 6.87. The van der Waals surface area contributed by atoms with Gasteiger partial charge in [-0.25, -0.2) is 8.78 Å². The SMILES string of the molecule is CC1=N[N+](C)(c2ccc(F)cc2F)C=C1c1ccc(Cl)cc1Cl. The first-order chi connectivity index (χ1) is 10.8. The molecular formula is C17H13Cl2F2N2+. The van der Waals surface area contributed by atoms with Crippen LogP contribution in [0.4, 0.5) is 14.5 Å². The second kappa shape index (κ2) is 5.71. The van der Waals surface area contributed by atoms with E-state index in [2.05, 4.69) is 5.10 Å². The van der Waals surface area contributed by atoms with Crippen molar-refractivity contribution in [2.45, 2.75) is 6.92 Å². The van der Waals surface area contributed by atoms with Gasteiger partial charge >= 0.3 is 0 Å². The third-order valence-electron chi connectivity index (χ3n) is 3.75. The minimum absolute atomic E-state index is 0.147. The van der Waals surface area contributed by atoms with Crippen LogP contribution in [0, 0.1) is 11.6 Å². The highest BCUT2D eigenvalue weighted by atomic mass is 35.5. The zero-order valence-corrected chi connectivity index (χ0v) is 14.0. The Kier molecular flexibility index (Phi) is 4.00. The maximum atomic E-state index is 14.1. The molecule has 0 N–H and O–H groups in total. The molecule has 0 aromatic heterocycles. The molecule has 1 unspecified atom stereocenters. The minimum atomic E-state index is -0.649. The van der Waals surface area contributed by atoms with E-state index in [1.807, 2.05) is 6.92 Å². The molecule has 0 radical (unpaired) electrons. The highest BCUT2D eigenvalue weighted by Gasteiger charge is 2.35. The monoisotopic (exact) mass is 353 g/mol. The Morgan fingerprint density at radius 3 is 2.43 bits per heavy atom. The number of hydrogen-bond donors (Lipinski definition) is 0. The van der Waals surface area contributed by atoms with E-state index in [9.17, 15) is 8.78 Å². The molecule has 2 nitrogen and oxygen atoms in total. The normalized spacial score (nSPS) is 20.4. The molecule has 1 atom stereocenters. The summed E-state index contributed by atoms with van der Waals surface area (Å²) in [6.45, 7) is 1.82. The molecule has 2 aromatic rings. The summed E-state index contributed by atoms with van der Waals surface area (Å²) >= 11 is 12.2. The summed E-state index contributed by atoms with van der Waals surface area (Å²) in [5.74, 6) is -1.27. The Labute approximate surface area is 142 Å². The minimum Gasteiger partial charge on any atom is -0.207 e. The number of rotatable bonds is 2. The van der Waals surface area contributed by atoms with Crippen molar-refractivity contribution in [1.82, 2.24) is 4.59 Å². The second-order valence-electron chi connectivity index (χ2n) is 5.47. The lowest BCUT2D eigenvalue weighted by atomic mass is 10.0. The summed E-state index contributed by atoms with van der Waals surface area (Å²) in [5.41, 5.74) is 2.52. The lowest BCUT2D eigenvalue weighted by Gasteiger charge is -2.20. The van der Waals surface area contributed by atoms with Crippen molar-refractivity contribution < 1.29 is 8.78 Å². The van der Waals surface area contributed by atoms with Gasteiger partial charge in [0.05, 0.1) is 10.6 Å². The largest absolute Gasteiger partial charge is 0.207 e. The molecule has 3 rings (SSSR count). The maximum Gasteiger partial charge on any atom is 0.200 e. The number of halogens is 4. The van der Waals surface area contributed by atoms with Crippen molar-refractivity contribution in [2.75, 3.05) is 7.05 Å². The van der Waals surface area contributed by atoms with Crippen LogP contribution in [-0.4, -0.2) is 12.8 Å². The van der Waals surface area contributed by atoms with Gasteiger partial charge in [0.25, 0.3) is 0 Å². The van der Waals surface area contributed by atoms with Gasteiger partial charge in [0.15, 0.2) is 11.5 Å². The number of quaternary nitrogens is 1. The first kappa shape index (κ1) is 16.1. The summed E-state index contributed by atoms with van der Waals surface area (Å²) < 4.78 is 27.1. The van der Waals surface area contributed by atoms with E-state index in [-0.39, 0.29) is 10.3 Å². The molecule has 6 heteroatoms. The molecule has 0 bridgehead atoms. The second-order valence-corrected chi connectivity index (χ2v) is 6.32. The van der Waals surface area contributed by atoms with E-state index < -0.39 is 11.6 Å². The lowest BCUT2D eigenvalue weighted by Crippen LogP contribution is -2.31. The van der Waals surface area contributed by atoms with Crippen LogP contribution >= 0.6 is 23.2 Å². The molecule has 0 aliphatic carbocycles. The van der Waals surface area contributed by atoms with E-state index in [1.165, 1.54) is 12.1 Å². The van der Waals surface area contributed by atoms with E-state index >= 15 is 0 Å². The van der Waals surface area contributed by atoms with Gasteiger partial charge in [-0.1, -0.05) is 34.4 Å². The van der Waals surface area contributed by atoms with Gasteiger partial charge in [0, 0.05) is 22.7 Å². The van der Waals surface area contributed by atoms with Crippen LogP contribution in [0.3, 0.4) is 0 Å². The van der Waals surface area contributed by atoms with E-state index in [1.54, 1.807) is 31.4 Å². The summed E-state index contributed by atoms with van der Waals surface area (Å²) in [4.78, 5) is 0. The molecule has 0 spiro atoms. The average Bonchev–Trinajstić information content (AvgIpc) is 2.74. The highest BCUT2D eigenvalue weighted by Crippen LogP contribution is 2.37. The van der Waals surface area contributed by atoms with Gasteiger partial charge in [-0.3, -0.25) is 0 Å². The Hall–Kier alpha value is -1.75. The third kappa shape index (κ3) is 2.90. The van der Waals surface area contributed by atoms with Crippen LogP contribution in [0.1, 0.15) is 12.5 Å². The van der Waals surface area contributed by atoms with Crippen LogP contribution in [0.25, 0.3) is 5.57 Å². The summed E-state index contributed by atoms with van der Waals surface area (Å²) in [6, 6.07) is 8.64. The Morgan fingerprint density at radius 2 is 1.78 bits per heavy atom. The fourth-order valence-corrected chi connectivity index (χ4v) is 3.19. The van der Waals surface area contributed by atoms with Crippen LogP contribution < -0.4 is 4.59 Å². The van der Waals surface area contributed by atoms with E-state index in [0.717, 1.165) is 17.2 Å². The van der Waals surface area contributed by atoms with Gasteiger partial charge in [-0.15, -0.1) is 4.59 Å². The predicted octanol–water partition coefficient (Wildman–Crippen LogP) is 5.64. The molecule has 1 aliphatic heterocycles. The van der Waals surface area contributed by atoms with E-state index in [4.69, 9.17) is 23.2 Å². The molecule has 23 heavy (non-hydrogen) atoms. The molecular weight excluding hydrogens is 341 g/mol. The van der Waals surface area contributed by atoms with Gasteiger partial charge in [0.1, 0.15) is 24.8 Å². The van der Waals surface area contributed by atoms with Gasteiger partial charge in [-0.2, -0.15) is 0 Å². The number of nitrogens with zero attached hydrogens (tertiary/aromatic N) is 2. The molecule has 0 amide bonds. The number of allylic oxidation sites excluding steroid dienone is 1. The Balaban J connectivity index is 2.12. The maximum absolute atomic E-state index is 14.1. The summed E-state index contributed by atoms with van der Waals surface area (Å²) in [6.07, 6.45) is 1.78. The number of benzene rings is 2. The molecule has 2 aromatic carbocycles. The third-order valence-corrected chi connectivity index (χ3v) is 4.29. The van der Waals surface area contributed by atoms with Gasteiger partial charge in [-0.05, 0) is 25.1 Å². The van der Waals surface area contributed by atoms with Crippen molar-refractivity contribution in [3.63, 3.8) is 0 Å². The zero-order chi connectivity index (χ0) is 16.8. The van der Waals surface area contributed by atoms with Crippen molar-refractivity contribution in [2.24, 2.45) is 5.10 Å². The van der Waals surface area contributed by atoms with E-state index in [0.29, 0.717) is 15.8 Å². The smallest absolute Gasteiger partial charge is 0.200 e. The van der Waals surface area contributed by atoms with Crippen LogP contribution in [-0.2, 0) is 0 Å². The lowest BCUT2D eigenvalue weighted by molar-refractivity contribution is 0.452. The van der Waals surface area contributed by atoms with Crippen LogP contribution in [0.15, 0.2) is 47.7 Å². The van der Waals surface area contributed by atoms with Crippen LogP contribution in [0.2, 0.25) is 10.0 Å². The zero-order valence-electron chi connectivity index (χ0n) is 12.4. The van der Waals surface area contributed by atoms with Crippen molar-refractivity contribution in [1.29, 1.82) is 0 Å². The Morgan fingerprint density at radius 1 is 1.04 bits per heavy atom. The Bertz CT molecular complexity index is 862. The topological polar surface area (TPSA) is 12.4 Å². The van der Waals surface area contributed by atoms with Crippen molar-refractivity contribution in [3.8, 4) is 0 Å². The fraction of sp³-hybridized carbons (Fsp3) is 0.118.